The summed E-state index contributed by atoms with van der Waals surface area (Å²) < 4.78 is 0. The van der Waals surface area contributed by atoms with Crippen LogP contribution in [0.1, 0.15) is 25.7 Å². The molecule has 17 heavy (non-hydrogen) atoms. The molecule has 1 N–H and O–H groups in total. The SMILES string of the molecule is C1CC(CN2CCN(C3CCNC3)CC2)C1.Cl. The monoisotopic (exact) mass is 259 g/mol. The molecule has 0 bridgehead atoms. The third-order valence-corrected chi connectivity index (χ3v) is 4.70. The first-order chi connectivity index (χ1) is 7.92. The first-order valence-corrected chi connectivity index (χ1v) is 7.09. The van der Waals surface area contributed by atoms with Crippen LogP contribution in [0.5, 0.6) is 0 Å². The van der Waals surface area contributed by atoms with Gasteiger partial charge < -0.3 is 10.2 Å². The lowest BCUT2D eigenvalue weighted by molar-refractivity contribution is 0.0796. The second kappa shape index (κ2) is 6.37. The highest BCUT2D eigenvalue weighted by molar-refractivity contribution is 5.85. The lowest BCUT2D eigenvalue weighted by Crippen LogP contribution is -2.52. The Balaban J connectivity index is 0.00000108. The lowest BCUT2D eigenvalue weighted by atomic mass is 9.85. The van der Waals surface area contributed by atoms with Crippen LogP contribution < -0.4 is 5.32 Å². The van der Waals surface area contributed by atoms with Crippen LogP contribution in [0.25, 0.3) is 0 Å². The van der Waals surface area contributed by atoms with Gasteiger partial charge in [-0.1, -0.05) is 6.42 Å². The van der Waals surface area contributed by atoms with Crippen molar-refractivity contribution in [1.82, 2.24) is 15.1 Å². The van der Waals surface area contributed by atoms with Gasteiger partial charge in [0, 0.05) is 45.3 Å². The Kier molecular flexibility index (Phi) is 5.10. The predicted molar refractivity (Wildman–Crippen MR) is 73.9 cm³/mol. The summed E-state index contributed by atoms with van der Waals surface area (Å²) in [7, 11) is 0. The van der Waals surface area contributed by atoms with Gasteiger partial charge in [-0.15, -0.1) is 12.4 Å². The van der Waals surface area contributed by atoms with Crippen molar-refractivity contribution in [3.63, 3.8) is 0 Å². The minimum Gasteiger partial charge on any atom is -0.315 e. The number of piperazine rings is 1. The van der Waals surface area contributed by atoms with Crippen LogP contribution in [0.4, 0.5) is 0 Å². The standard InChI is InChI=1S/C13H25N3.ClH/c1-2-12(3-1)11-15-6-8-16(9-7-15)13-4-5-14-10-13;/h12-14H,1-11H2;1H. The van der Waals surface area contributed by atoms with Gasteiger partial charge in [0.2, 0.25) is 0 Å². The normalized spacial score (nSPS) is 32.1. The van der Waals surface area contributed by atoms with Crippen molar-refractivity contribution >= 4 is 12.4 Å². The van der Waals surface area contributed by atoms with Gasteiger partial charge in [0.25, 0.3) is 0 Å². The maximum Gasteiger partial charge on any atom is 0.0233 e. The van der Waals surface area contributed by atoms with Gasteiger partial charge in [-0.05, 0) is 31.7 Å². The van der Waals surface area contributed by atoms with Crippen LogP contribution >= 0.6 is 12.4 Å². The predicted octanol–water partition coefficient (Wildman–Crippen LogP) is 1.19. The van der Waals surface area contributed by atoms with E-state index in [1.807, 2.05) is 0 Å². The summed E-state index contributed by atoms with van der Waals surface area (Å²) >= 11 is 0. The fourth-order valence-electron chi connectivity index (χ4n) is 3.30. The molecule has 2 aliphatic heterocycles. The van der Waals surface area contributed by atoms with E-state index < -0.39 is 0 Å². The Morgan fingerprint density at radius 3 is 2.29 bits per heavy atom. The molecular formula is C13H26ClN3. The number of hydrogen-bond acceptors (Lipinski definition) is 3. The summed E-state index contributed by atoms with van der Waals surface area (Å²) in [6.45, 7) is 9.07. The molecule has 3 nitrogen and oxygen atoms in total. The highest BCUT2D eigenvalue weighted by Gasteiger charge is 2.27. The average molecular weight is 260 g/mol. The van der Waals surface area contributed by atoms with Crippen LogP contribution in [-0.2, 0) is 0 Å². The second-order valence-corrected chi connectivity index (χ2v) is 5.78. The summed E-state index contributed by atoms with van der Waals surface area (Å²) in [6.07, 6.45) is 5.83. The van der Waals surface area contributed by atoms with E-state index in [-0.39, 0.29) is 12.4 Å². The minimum absolute atomic E-state index is 0. The summed E-state index contributed by atoms with van der Waals surface area (Å²) in [5, 5.41) is 3.48. The van der Waals surface area contributed by atoms with Crippen molar-refractivity contribution < 1.29 is 0 Å². The van der Waals surface area contributed by atoms with Gasteiger partial charge in [-0.3, -0.25) is 4.90 Å². The molecule has 0 radical (unpaired) electrons. The van der Waals surface area contributed by atoms with Crippen LogP contribution in [0.2, 0.25) is 0 Å². The van der Waals surface area contributed by atoms with Gasteiger partial charge in [0.1, 0.15) is 0 Å². The number of nitrogens with one attached hydrogen (secondary N) is 1. The topological polar surface area (TPSA) is 18.5 Å². The van der Waals surface area contributed by atoms with Crippen LogP contribution in [0, 0.1) is 5.92 Å². The average Bonchev–Trinajstić information content (AvgIpc) is 2.78. The Hall–Kier alpha value is 0.170. The first-order valence-electron chi connectivity index (χ1n) is 7.09. The van der Waals surface area contributed by atoms with Gasteiger partial charge in [0.15, 0.2) is 0 Å². The highest BCUT2D eigenvalue weighted by Crippen LogP contribution is 2.27. The minimum atomic E-state index is 0. The molecule has 0 aromatic carbocycles. The molecule has 3 aliphatic rings. The summed E-state index contributed by atoms with van der Waals surface area (Å²) in [4.78, 5) is 5.40. The molecule has 0 aromatic heterocycles. The smallest absolute Gasteiger partial charge is 0.0233 e. The zero-order chi connectivity index (χ0) is 10.8. The highest BCUT2D eigenvalue weighted by atomic mass is 35.5. The fourth-order valence-corrected chi connectivity index (χ4v) is 3.30. The molecule has 1 unspecified atom stereocenters. The molecule has 4 heteroatoms. The van der Waals surface area contributed by atoms with Crippen molar-refractivity contribution in [2.45, 2.75) is 31.7 Å². The largest absolute Gasteiger partial charge is 0.315 e. The molecule has 0 amide bonds. The van der Waals surface area contributed by atoms with Gasteiger partial charge >= 0.3 is 0 Å². The molecule has 2 heterocycles. The number of hydrogen-bond donors (Lipinski definition) is 1. The van der Waals surface area contributed by atoms with Crippen molar-refractivity contribution in [3.05, 3.63) is 0 Å². The van der Waals surface area contributed by atoms with Gasteiger partial charge in [0.05, 0.1) is 0 Å². The molecule has 1 atom stereocenters. The van der Waals surface area contributed by atoms with E-state index in [2.05, 4.69) is 15.1 Å². The number of halogens is 1. The van der Waals surface area contributed by atoms with E-state index in [1.54, 1.807) is 0 Å². The lowest BCUT2D eigenvalue weighted by Gasteiger charge is -2.40. The van der Waals surface area contributed by atoms with Gasteiger partial charge in [-0.25, -0.2) is 0 Å². The van der Waals surface area contributed by atoms with Crippen molar-refractivity contribution in [3.8, 4) is 0 Å². The van der Waals surface area contributed by atoms with Crippen LogP contribution in [-0.4, -0.2) is 61.7 Å². The van der Waals surface area contributed by atoms with E-state index >= 15 is 0 Å². The summed E-state index contributed by atoms with van der Waals surface area (Å²) in [6, 6.07) is 0.839. The molecule has 3 fully saturated rings. The molecule has 3 rings (SSSR count). The van der Waals surface area contributed by atoms with Gasteiger partial charge in [-0.2, -0.15) is 0 Å². The van der Waals surface area contributed by atoms with Crippen molar-refractivity contribution in [1.29, 1.82) is 0 Å². The van der Waals surface area contributed by atoms with Crippen LogP contribution in [0.15, 0.2) is 0 Å². The molecular weight excluding hydrogens is 234 g/mol. The maximum absolute atomic E-state index is 3.48. The third-order valence-electron chi connectivity index (χ3n) is 4.70. The molecule has 2 saturated heterocycles. The maximum atomic E-state index is 3.48. The molecule has 0 spiro atoms. The Morgan fingerprint density at radius 2 is 1.76 bits per heavy atom. The molecule has 0 aromatic rings. The molecule has 1 aliphatic carbocycles. The van der Waals surface area contributed by atoms with E-state index in [0.717, 1.165) is 12.0 Å². The Bertz CT molecular complexity index is 219. The summed E-state index contributed by atoms with van der Waals surface area (Å²) in [5.41, 5.74) is 0. The van der Waals surface area contributed by atoms with E-state index in [9.17, 15) is 0 Å². The first kappa shape index (κ1) is 13.6. The van der Waals surface area contributed by atoms with Crippen molar-refractivity contribution in [2.24, 2.45) is 5.92 Å². The number of nitrogens with zero attached hydrogens (tertiary/aromatic N) is 2. The third kappa shape index (κ3) is 3.34. The zero-order valence-electron chi connectivity index (χ0n) is 10.7. The van der Waals surface area contributed by atoms with E-state index in [4.69, 9.17) is 0 Å². The van der Waals surface area contributed by atoms with E-state index in [0.29, 0.717) is 0 Å². The summed E-state index contributed by atoms with van der Waals surface area (Å²) in [5.74, 6) is 1.04. The Morgan fingerprint density at radius 1 is 1.00 bits per heavy atom. The van der Waals surface area contributed by atoms with Crippen LogP contribution in [0.3, 0.4) is 0 Å². The quantitative estimate of drug-likeness (QED) is 0.822. The molecule has 1 saturated carbocycles. The second-order valence-electron chi connectivity index (χ2n) is 5.78. The van der Waals surface area contributed by atoms with E-state index in [1.165, 1.54) is 71.5 Å². The molecule has 100 valence electrons. The van der Waals surface area contributed by atoms with Crippen molar-refractivity contribution in [2.75, 3.05) is 45.8 Å². The Labute approximate surface area is 111 Å². The fraction of sp³-hybridized carbons (Fsp3) is 1.00. The number of rotatable bonds is 3. The zero-order valence-corrected chi connectivity index (χ0v) is 11.6.